The first-order chi connectivity index (χ1) is 15.8. The molecule has 1 unspecified atom stereocenters. The van der Waals surface area contributed by atoms with Crippen LogP contribution in [0.3, 0.4) is 0 Å². The van der Waals surface area contributed by atoms with Crippen molar-refractivity contribution >= 4 is 18.6 Å². The molecule has 0 fully saturated rings. The number of benzene rings is 1. The van der Waals surface area contributed by atoms with E-state index in [1.165, 1.54) is 108 Å². The van der Waals surface area contributed by atoms with Crippen LogP contribution in [-0.4, -0.2) is 16.2 Å². The molecule has 0 saturated carbocycles. The zero-order valence-corrected chi connectivity index (χ0v) is 22.9. The molecule has 1 atom stereocenters. The number of phenolic OH excluding ortho intramolecular Hbond substituents is 1. The summed E-state index contributed by atoms with van der Waals surface area (Å²) in [6.45, 7) is 7.32. The van der Waals surface area contributed by atoms with Crippen LogP contribution in [0.5, 0.6) is 5.75 Å². The molecule has 0 spiro atoms. The number of hydrogen-bond donors (Lipinski definition) is 3. The summed E-state index contributed by atoms with van der Waals surface area (Å²) in [7, 11) is 0. The second-order valence-electron chi connectivity index (χ2n) is 9.63. The van der Waals surface area contributed by atoms with Gasteiger partial charge in [-0.05, 0) is 37.0 Å². The van der Waals surface area contributed by atoms with Gasteiger partial charge < -0.3 is 10.2 Å². The van der Waals surface area contributed by atoms with Crippen molar-refractivity contribution in [1.29, 1.82) is 0 Å². The van der Waals surface area contributed by atoms with E-state index in [9.17, 15) is 5.11 Å². The summed E-state index contributed by atoms with van der Waals surface area (Å²) >= 11 is 4.79. The quantitative estimate of drug-likeness (QED) is 0.145. The van der Waals surface area contributed by atoms with E-state index in [-0.39, 0.29) is 0 Å². The van der Waals surface area contributed by atoms with Gasteiger partial charge in [0.1, 0.15) is 5.75 Å². The van der Waals surface area contributed by atoms with Gasteiger partial charge in [-0.15, -0.1) is 0 Å². The largest absolute Gasteiger partial charge is 0.507 e. The standard InChI is InChI=1S/C27H48OS.C2H4O2/c1-4-5-6-7-8-9-10-11-12-13-14-15-16-17-18-19-20-26(29)25-21-23(2)27(28)24(3)22-25;1-2(3)4/h21-22,26,28-29H,4-20H2,1-3H3;1H3,(H,3,4). The molecule has 4 heteroatoms. The van der Waals surface area contributed by atoms with Crippen LogP contribution in [0.4, 0.5) is 0 Å². The Morgan fingerprint density at radius 2 is 1.06 bits per heavy atom. The van der Waals surface area contributed by atoms with Crippen molar-refractivity contribution in [3.63, 3.8) is 0 Å². The molecule has 0 bridgehead atoms. The summed E-state index contributed by atoms with van der Waals surface area (Å²) in [6, 6.07) is 4.18. The van der Waals surface area contributed by atoms with Gasteiger partial charge >= 0.3 is 0 Å². The van der Waals surface area contributed by atoms with Gasteiger partial charge in [0.05, 0.1) is 0 Å². The molecule has 1 aromatic carbocycles. The Balaban J connectivity index is 0.00000235. The maximum absolute atomic E-state index is 9.91. The number of carboxylic acid groups (broad SMARTS) is 1. The average molecular weight is 481 g/mol. The fourth-order valence-electron chi connectivity index (χ4n) is 4.23. The number of aryl methyl sites for hydroxylation is 2. The maximum atomic E-state index is 9.91. The first kappa shape index (κ1) is 31.8. The second-order valence-corrected chi connectivity index (χ2v) is 10.3. The van der Waals surface area contributed by atoms with Crippen molar-refractivity contribution in [3.05, 3.63) is 28.8 Å². The lowest BCUT2D eigenvalue weighted by molar-refractivity contribution is -0.134. The highest BCUT2D eigenvalue weighted by Crippen LogP contribution is 2.32. The summed E-state index contributed by atoms with van der Waals surface area (Å²) < 4.78 is 0. The SMILES string of the molecule is CC(=O)O.CCCCCCCCCCCCCCCCCCC(S)c1cc(C)c(O)c(C)c1. The average Bonchev–Trinajstić information content (AvgIpc) is 2.76. The molecule has 3 nitrogen and oxygen atoms in total. The van der Waals surface area contributed by atoms with E-state index in [0.29, 0.717) is 11.0 Å². The molecule has 192 valence electrons. The molecular weight excluding hydrogens is 428 g/mol. The van der Waals surface area contributed by atoms with E-state index < -0.39 is 5.97 Å². The summed E-state index contributed by atoms with van der Waals surface area (Å²) in [5, 5.41) is 17.6. The highest BCUT2D eigenvalue weighted by atomic mass is 32.1. The van der Waals surface area contributed by atoms with Gasteiger partial charge in [0.2, 0.25) is 0 Å². The van der Waals surface area contributed by atoms with Crippen LogP contribution in [0.2, 0.25) is 0 Å². The number of carbonyl (C=O) groups is 1. The molecule has 0 radical (unpaired) electrons. The predicted octanol–water partition coefficient (Wildman–Crippen LogP) is 9.72. The molecule has 1 aromatic rings. The number of rotatable bonds is 18. The van der Waals surface area contributed by atoms with Gasteiger partial charge in [-0.3, -0.25) is 4.79 Å². The minimum Gasteiger partial charge on any atom is -0.507 e. The Hall–Kier alpha value is -1.16. The maximum Gasteiger partial charge on any atom is 0.300 e. The molecule has 0 saturated heterocycles. The lowest BCUT2D eigenvalue weighted by Crippen LogP contribution is -1.94. The Morgan fingerprint density at radius 1 is 0.758 bits per heavy atom. The fourth-order valence-corrected chi connectivity index (χ4v) is 4.57. The van der Waals surface area contributed by atoms with Crippen LogP contribution >= 0.6 is 12.6 Å². The Bertz CT molecular complexity index is 588. The van der Waals surface area contributed by atoms with Crippen LogP contribution in [0.15, 0.2) is 12.1 Å². The molecule has 0 heterocycles. The highest BCUT2D eigenvalue weighted by molar-refractivity contribution is 7.80. The lowest BCUT2D eigenvalue weighted by Gasteiger charge is -2.14. The zero-order chi connectivity index (χ0) is 24.9. The van der Waals surface area contributed by atoms with Crippen molar-refractivity contribution in [1.82, 2.24) is 0 Å². The normalized spacial score (nSPS) is 11.7. The predicted molar refractivity (Wildman–Crippen MR) is 147 cm³/mol. The molecule has 0 aliphatic heterocycles. The van der Waals surface area contributed by atoms with Crippen LogP contribution < -0.4 is 0 Å². The van der Waals surface area contributed by atoms with E-state index in [1.807, 2.05) is 13.8 Å². The number of aliphatic carboxylic acids is 1. The number of phenols is 1. The smallest absolute Gasteiger partial charge is 0.300 e. The van der Waals surface area contributed by atoms with Crippen molar-refractivity contribution in [2.24, 2.45) is 0 Å². The Kier molecular flexibility index (Phi) is 20.6. The highest BCUT2D eigenvalue weighted by Gasteiger charge is 2.10. The van der Waals surface area contributed by atoms with E-state index in [0.717, 1.165) is 24.5 Å². The number of aromatic hydroxyl groups is 1. The lowest BCUT2D eigenvalue weighted by atomic mass is 9.99. The summed E-state index contributed by atoms with van der Waals surface area (Å²) in [6.07, 6.45) is 23.7. The summed E-state index contributed by atoms with van der Waals surface area (Å²) in [4.78, 5) is 9.00. The third-order valence-corrected chi connectivity index (χ3v) is 6.79. The van der Waals surface area contributed by atoms with Crippen LogP contribution in [-0.2, 0) is 4.79 Å². The van der Waals surface area contributed by atoms with Crippen molar-refractivity contribution in [2.45, 2.75) is 142 Å². The minimum atomic E-state index is -0.833. The van der Waals surface area contributed by atoms with Crippen molar-refractivity contribution in [3.8, 4) is 5.75 Å². The van der Waals surface area contributed by atoms with E-state index in [2.05, 4.69) is 19.1 Å². The summed E-state index contributed by atoms with van der Waals surface area (Å²) in [5.74, 6) is -0.406. The van der Waals surface area contributed by atoms with Gasteiger partial charge in [-0.2, -0.15) is 12.6 Å². The first-order valence-corrected chi connectivity index (χ1v) is 14.0. The molecule has 0 amide bonds. The third-order valence-electron chi connectivity index (χ3n) is 6.23. The Morgan fingerprint density at radius 3 is 1.39 bits per heavy atom. The zero-order valence-electron chi connectivity index (χ0n) is 22.0. The van der Waals surface area contributed by atoms with E-state index in [4.69, 9.17) is 22.5 Å². The fraction of sp³-hybridized carbons (Fsp3) is 0.759. The number of unbranched alkanes of at least 4 members (excludes halogenated alkanes) is 15. The number of hydrogen-bond acceptors (Lipinski definition) is 3. The van der Waals surface area contributed by atoms with Gasteiger partial charge in [0.15, 0.2) is 0 Å². The monoisotopic (exact) mass is 480 g/mol. The molecule has 33 heavy (non-hydrogen) atoms. The van der Waals surface area contributed by atoms with Crippen LogP contribution in [0.25, 0.3) is 0 Å². The van der Waals surface area contributed by atoms with Crippen molar-refractivity contribution < 1.29 is 15.0 Å². The van der Waals surface area contributed by atoms with Crippen molar-refractivity contribution in [2.75, 3.05) is 0 Å². The molecule has 1 rings (SSSR count). The van der Waals surface area contributed by atoms with Gasteiger partial charge in [-0.25, -0.2) is 0 Å². The summed E-state index contributed by atoms with van der Waals surface area (Å²) in [5.41, 5.74) is 3.18. The van der Waals surface area contributed by atoms with Gasteiger partial charge in [0, 0.05) is 12.2 Å². The molecule has 0 aromatic heterocycles. The van der Waals surface area contributed by atoms with Crippen LogP contribution in [0.1, 0.15) is 145 Å². The van der Waals surface area contributed by atoms with Gasteiger partial charge in [-0.1, -0.05) is 122 Å². The Labute approximate surface area is 210 Å². The minimum absolute atomic E-state index is 0.291. The van der Waals surface area contributed by atoms with E-state index in [1.54, 1.807) is 0 Å². The van der Waals surface area contributed by atoms with Crippen LogP contribution in [0, 0.1) is 13.8 Å². The number of thiol groups is 1. The van der Waals surface area contributed by atoms with Gasteiger partial charge in [0.25, 0.3) is 5.97 Å². The first-order valence-electron chi connectivity index (χ1n) is 13.5. The third kappa shape index (κ3) is 18.9. The van der Waals surface area contributed by atoms with E-state index >= 15 is 0 Å². The number of carboxylic acids is 1. The molecular formula is C29H52O3S. The topological polar surface area (TPSA) is 57.5 Å². The molecule has 0 aliphatic rings. The molecule has 0 aliphatic carbocycles. The second kappa shape index (κ2) is 21.4. The molecule has 2 N–H and O–H groups in total.